The minimum Gasteiger partial charge on any atom is -0.481 e. The van der Waals surface area contributed by atoms with Crippen LogP contribution in [0.5, 0.6) is 0 Å². The highest BCUT2D eigenvalue weighted by Gasteiger charge is 2.69. The van der Waals surface area contributed by atoms with E-state index in [1.807, 2.05) is 6.92 Å². The van der Waals surface area contributed by atoms with Crippen LogP contribution >= 0.6 is 0 Å². The predicted octanol–water partition coefficient (Wildman–Crippen LogP) is -2.37. The highest BCUT2D eigenvalue weighted by atomic mass is 16.8. The third-order valence-corrected chi connectivity index (χ3v) is 15.0. The van der Waals surface area contributed by atoms with Gasteiger partial charge in [0.05, 0.1) is 30.8 Å². The van der Waals surface area contributed by atoms with Crippen LogP contribution in [0.1, 0.15) is 71.6 Å². The Bertz CT molecular complexity index is 1450. The minimum atomic E-state index is -1.91. The second kappa shape index (κ2) is 15.6. The lowest BCUT2D eigenvalue weighted by atomic mass is 9.41. The van der Waals surface area contributed by atoms with Gasteiger partial charge in [-0.3, -0.25) is 4.79 Å². The molecule has 7 rings (SSSR count). The predicted molar refractivity (Wildman–Crippen MR) is 187 cm³/mol. The first-order chi connectivity index (χ1) is 26.4. The number of fused-ring (bicyclic) bond motifs is 3. The maximum Gasteiger partial charge on any atom is 0.309 e. The quantitative estimate of drug-likeness (QED) is 0.0812. The zero-order chi connectivity index (χ0) is 40.7. The molecular weight excluding hydrogens is 744 g/mol. The Morgan fingerprint density at radius 3 is 1.75 bits per heavy atom. The largest absolute Gasteiger partial charge is 0.481 e. The Morgan fingerprint density at radius 1 is 0.679 bits per heavy atom. The van der Waals surface area contributed by atoms with E-state index in [0.717, 1.165) is 31.3 Å². The molecule has 0 unspecified atom stereocenters. The van der Waals surface area contributed by atoms with Crippen molar-refractivity contribution in [2.75, 3.05) is 19.8 Å². The number of aliphatic carboxylic acids is 1. The summed E-state index contributed by atoms with van der Waals surface area (Å²) in [6.07, 6.45) is -19.3. The summed E-state index contributed by atoms with van der Waals surface area (Å²) in [4.78, 5) is 12.7. The first-order valence-corrected chi connectivity index (χ1v) is 19.9. The number of ether oxygens (including phenoxy) is 6. The normalized spacial score (nSPS) is 54.6. The van der Waals surface area contributed by atoms with E-state index in [1.54, 1.807) is 0 Å². The smallest absolute Gasteiger partial charge is 0.309 e. The molecular formula is C38H60O18. The molecule has 3 aliphatic heterocycles. The Labute approximate surface area is 324 Å². The minimum absolute atomic E-state index is 0.00993. The number of aliphatic hydroxyl groups excluding tert-OH is 10. The summed E-state index contributed by atoms with van der Waals surface area (Å²) in [6.45, 7) is 6.28. The maximum atomic E-state index is 12.7. The molecule has 0 aromatic rings. The molecule has 4 saturated carbocycles. The van der Waals surface area contributed by atoms with Crippen LogP contribution in [0.25, 0.3) is 0 Å². The molecule has 3 saturated heterocycles. The molecule has 1 spiro atoms. The Balaban J connectivity index is 1.21. The molecule has 4 aliphatic carbocycles. The third kappa shape index (κ3) is 6.69. The molecule has 11 N–H and O–H groups in total. The molecule has 0 amide bonds. The fraction of sp³-hybridized carbons (Fsp3) is 0.921. The SMILES string of the molecule is C=C1C[C@@]23CC[C@H]4[C@@](C)(CCC[C@@]4(C)C(=O)O)[C@@H]2CC[C@@]1(O[C@@H]1O[C@H](CO)[C@@H](O)[C@H](O[C@@H]2O[C@H](CO)[C@@H](O)[C@H](O)[C@H]2O)[C@H]1O[C@@H]1O[C@H](CO)[C@@H](O)[C@H](O)[C@H]1O)C3. The number of rotatable bonds is 10. The lowest BCUT2D eigenvalue weighted by Crippen LogP contribution is -2.68. The van der Waals surface area contributed by atoms with Crippen LogP contribution in [0.3, 0.4) is 0 Å². The van der Waals surface area contributed by atoms with Gasteiger partial charge in [0.15, 0.2) is 18.9 Å². The van der Waals surface area contributed by atoms with Gasteiger partial charge in [0.2, 0.25) is 0 Å². The molecule has 56 heavy (non-hydrogen) atoms. The van der Waals surface area contributed by atoms with E-state index in [1.165, 1.54) is 0 Å². The molecule has 7 aliphatic rings. The van der Waals surface area contributed by atoms with Gasteiger partial charge in [-0.05, 0) is 86.5 Å². The first kappa shape index (κ1) is 42.7. The molecule has 18 heteroatoms. The average Bonchev–Trinajstić information content (AvgIpc) is 3.36. The van der Waals surface area contributed by atoms with Crippen molar-refractivity contribution in [3.63, 3.8) is 0 Å². The summed E-state index contributed by atoms with van der Waals surface area (Å²) in [5, 5.41) is 116. The Kier molecular flexibility index (Phi) is 11.9. The van der Waals surface area contributed by atoms with E-state index in [-0.39, 0.29) is 22.7 Å². The van der Waals surface area contributed by atoms with Crippen LogP contribution in [0.4, 0.5) is 0 Å². The Hall–Kier alpha value is -1.43. The Morgan fingerprint density at radius 2 is 1.20 bits per heavy atom. The van der Waals surface area contributed by atoms with Crippen molar-refractivity contribution in [2.45, 2.75) is 169 Å². The summed E-state index contributed by atoms with van der Waals surface area (Å²) < 4.78 is 36.7. The van der Waals surface area contributed by atoms with Crippen LogP contribution in [0.15, 0.2) is 12.2 Å². The molecule has 320 valence electrons. The van der Waals surface area contributed by atoms with E-state index in [0.29, 0.717) is 32.1 Å². The van der Waals surface area contributed by atoms with Gasteiger partial charge >= 0.3 is 5.97 Å². The summed E-state index contributed by atoms with van der Waals surface area (Å²) in [7, 11) is 0. The lowest BCUT2D eigenvalue weighted by Gasteiger charge is -2.64. The van der Waals surface area contributed by atoms with E-state index in [9.17, 15) is 61.0 Å². The van der Waals surface area contributed by atoms with Crippen molar-refractivity contribution in [3.8, 4) is 0 Å². The highest BCUT2D eigenvalue weighted by molar-refractivity contribution is 5.75. The average molecular weight is 805 g/mol. The van der Waals surface area contributed by atoms with Crippen LogP contribution in [0.2, 0.25) is 0 Å². The van der Waals surface area contributed by atoms with Gasteiger partial charge in [0, 0.05) is 0 Å². The van der Waals surface area contributed by atoms with Crippen LogP contribution < -0.4 is 0 Å². The lowest BCUT2D eigenvalue weighted by molar-refractivity contribution is -0.400. The summed E-state index contributed by atoms with van der Waals surface area (Å²) in [5.74, 6) is -0.606. The van der Waals surface area contributed by atoms with Gasteiger partial charge in [-0.1, -0.05) is 19.9 Å². The number of hydrogen-bond donors (Lipinski definition) is 11. The maximum absolute atomic E-state index is 12.7. The molecule has 0 radical (unpaired) electrons. The molecule has 2 bridgehead atoms. The molecule has 18 nitrogen and oxygen atoms in total. The number of carboxylic acid groups (broad SMARTS) is 1. The van der Waals surface area contributed by atoms with Gasteiger partial charge in [-0.15, -0.1) is 0 Å². The van der Waals surface area contributed by atoms with Gasteiger partial charge in [0.1, 0.15) is 73.2 Å². The zero-order valence-corrected chi connectivity index (χ0v) is 31.8. The van der Waals surface area contributed by atoms with E-state index < -0.39 is 129 Å². The van der Waals surface area contributed by atoms with E-state index in [2.05, 4.69) is 13.5 Å². The van der Waals surface area contributed by atoms with E-state index in [4.69, 9.17) is 28.4 Å². The van der Waals surface area contributed by atoms with Gasteiger partial charge in [0.25, 0.3) is 0 Å². The van der Waals surface area contributed by atoms with Gasteiger partial charge in [-0.25, -0.2) is 0 Å². The van der Waals surface area contributed by atoms with Gasteiger partial charge < -0.3 is 84.6 Å². The van der Waals surface area contributed by atoms with Crippen LogP contribution in [-0.2, 0) is 33.2 Å². The first-order valence-electron chi connectivity index (χ1n) is 19.9. The standard InChI is InChI=1S/C38H60O18/c1-16-11-37-9-5-20-35(2,7-4-8-36(20,3)34(49)50)21(37)6-10-38(16,15-37)56-33-30(55-32-28(48)26(46)23(43)18(13-40)52-32)29(24(44)19(14-41)53-33)54-31-27(47)25(45)22(42)17(12-39)51-31/h17-33,39-48H,1,4-15H2,2-3H3,(H,49,50)/t17-,18-,19-,20+,21+,22-,23-,24-,25+,26+,27-,28-,29+,30-,31+,32+,33+,35-,36-,37-,38-/m1/s1. The molecule has 7 fully saturated rings. The van der Waals surface area contributed by atoms with Crippen molar-refractivity contribution in [1.29, 1.82) is 0 Å². The molecule has 21 atom stereocenters. The van der Waals surface area contributed by atoms with Crippen molar-refractivity contribution in [1.82, 2.24) is 0 Å². The highest BCUT2D eigenvalue weighted by Crippen LogP contribution is 2.73. The number of aliphatic hydroxyl groups is 10. The number of hydrogen-bond acceptors (Lipinski definition) is 17. The van der Waals surface area contributed by atoms with E-state index >= 15 is 0 Å². The van der Waals surface area contributed by atoms with Crippen LogP contribution in [-0.4, -0.2) is 180 Å². The van der Waals surface area contributed by atoms with Crippen molar-refractivity contribution < 1.29 is 89.4 Å². The number of carboxylic acids is 1. The fourth-order valence-corrected chi connectivity index (χ4v) is 12.1. The second-order valence-electron chi connectivity index (χ2n) is 18.0. The summed E-state index contributed by atoms with van der Waals surface area (Å²) in [5.41, 5.74) is -1.63. The molecule has 3 heterocycles. The fourth-order valence-electron chi connectivity index (χ4n) is 12.1. The summed E-state index contributed by atoms with van der Waals surface area (Å²) in [6, 6.07) is 0. The number of carbonyl (C=O) groups is 1. The van der Waals surface area contributed by atoms with Gasteiger partial charge in [-0.2, -0.15) is 0 Å². The topological polar surface area (TPSA) is 295 Å². The zero-order valence-electron chi connectivity index (χ0n) is 31.8. The second-order valence-corrected chi connectivity index (χ2v) is 18.0. The van der Waals surface area contributed by atoms with Crippen molar-refractivity contribution in [3.05, 3.63) is 12.2 Å². The summed E-state index contributed by atoms with van der Waals surface area (Å²) >= 11 is 0. The molecule has 0 aromatic carbocycles. The van der Waals surface area contributed by atoms with Crippen LogP contribution in [0, 0.1) is 28.1 Å². The van der Waals surface area contributed by atoms with Crippen molar-refractivity contribution >= 4 is 5.97 Å². The van der Waals surface area contributed by atoms with Crippen molar-refractivity contribution in [2.24, 2.45) is 28.1 Å². The molecule has 0 aromatic heterocycles. The monoisotopic (exact) mass is 804 g/mol. The third-order valence-electron chi connectivity index (χ3n) is 15.0.